The molecule has 1 heterocycles. The number of rotatable bonds is 16. The summed E-state index contributed by atoms with van der Waals surface area (Å²) in [6.07, 6.45) is 24.4. The van der Waals surface area contributed by atoms with Gasteiger partial charge >= 0.3 is 0 Å². The van der Waals surface area contributed by atoms with Crippen LogP contribution in [0, 0.1) is 0 Å². The number of aromatic nitrogens is 1. The Hall–Kier alpha value is -1.63. The zero-order valence-electron chi connectivity index (χ0n) is 18.2. The van der Waals surface area contributed by atoms with Crippen LogP contribution in [-0.2, 0) is 6.54 Å². The van der Waals surface area contributed by atoms with E-state index in [4.69, 9.17) is 0 Å². The van der Waals surface area contributed by atoms with Crippen molar-refractivity contribution >= 4 is 0 Å². The van der Waals surface area contributed by atoms with Gasteiger partial charge in [0, 0.05) is 18.6 Å². The van der Waals surface area contributed by atoms with Gasteiger partial charge in [-0.3, -0.25) is 0 Å². The largest absolute Gasteiger partial charge is 0.205 e. The molecule has 0 aliphatic carbocycles. The molecule has 0 fully saturated rings. The van der Waals surface area contributed by atoms with E-state index in [1.54, 1.807) is 0 Å². The van der Waals surface area contributed by atoms with Crippen LogP contribution in [0.3, 0.4) is 0 Å². The van der Waals surface area contributed by atoms with Crippen molar-refractivity contribution in [1.82, 2.24) is 0 Å². The fourth-order valence-electron chi connectivity index (χ4n) is 3.92. The van der Waals surface area contributed by atoms with E-state index in [9.17, 15) is 0 Å². The van der Waals surface area contributed by atoms with E-state index in [0.717, 1.165) is 6.54 Å². The van der Waals surface area contributed by atoms with Gasteiger partial charge in [0.2, 0.25) is 0 Å². The predicted octanol–water partition coefficient (Wildman–Crippen LogP) is 8.12. The topological polar surface area (TPSA) is 3.88 Å². The Kier molecular flexibility index (Phi) is 12.4. The van der Waals surface area contributed by atoms with Crippen LogP contribution < -0.4 is 4.57 Å². The van der Waals surface area contributed by atoms with Crippen LogP contribution in [0.5, 0.6) is 0 Å². The second kappa shape index (κ2) is 15.3. The van der Waals surface area contributed by atoms with Crippen LogP contribution in [0.1, 0.15) is 96.8 Å². The minimum absolute atomic E-state index is 1.15. The fraction of sp³-hybridized carbons (Fsp3) is 0.593. The average molecular weight is 381 g/mol. The summed E-state index contributed by atoms with van der Waals surface area (Å²) in [5.74, 6) is 0. The van der Waals surface area contributed by atoms with Crippen LogP contribution in [0.15, 0.2) is 54.9 Å². The van der Waals surface area contributed by atoms with Crippen LogP contribution >= 0.6 is 0 Å². The Labute approximate surface area is 174 Å². The highest BCUT2D eigenvalue weighted by Gasteiger charge is 2.02. The molecule has 0 aliphatic heterocycles. The van der Waals surface area contributed by atoms with Crippen molar-refractivity contribution in [3.05, 3.63) is 54.9 Å². The summed E-state index contributed by atoms with van der Waals surface area (Å²) in [4.78, 5) is 0. The third kappa shape index (κ3) is 10.1. The van der Waals surface area contributed by atoms with E-state index in [-0.39, 0.29) is 0 Å². The van der Waals surface area contributed by atoms with E-state index in [1.165, 1.54) is 101 Å². The monoisotopic (exact) mass is 380 g/mol. The minimum Gasteiger partial charge on any atom is -0.205 e. The molecule has 2 aromatic rings. The fourth-order valence-corrected chi connectivity index (χ4v) is 3.92. The molecule has 0 bridgehead atoms. The summed E-state index contributed by atoms with van der Waals surface area (Å²) in [5, 5.41) is 0. The van der Waals surface area contributed by atoms with Crippen molar-refractivity contribution in [3.8, 4) is 11.1 Å². The number of pyridine rings is 1. The standard InChI is InChI=1S/C27H42N/c1-2-3-4-5-6-7-8-9-10-11-12-13-14-18-23-28-24-21-27(22-25-28)26-19-16-15-17-20-26/h15-17,19-22,24-25H,2-14,18,23H2,1H3/q+1. The van der Waals surface area contributed by atoms with Gasteiger partial charge in [-0.2, -0.15) is 0 Å². The number of aryl methyl sites for hydroxylation is 1. The average Bonchev–Trinajstić information content (AvgIpc) is 2.75. The van der Waals surface area contributed by atoms with Gasteiger partial charge in [-0.15, -0.1) is 0 Å². The highest BCUT2D eigenvalue weighted by molar-refractivity contribution is 5.61. The first-order chi connectivity index (χ1) is 13.9. The predicted molar refractivity (Wildman–Crippen MR) is 122 cm³/mol. The molecule has 28 heavy (non-hydrogen) atoms. The lowest BCUT2D eigenvalue weighted by atomic mass is 10.0. The summed E-state index contributed by atoms with van der Waals surface area (Å²) < 4.78 is 2.33. The van der Waals surface area contributed by atoms with Gasteiger partial charge in [0.1, 0.15) is 6.54 Å². The Bertz CT molecular complexity index is 587. The van der Waals surface area contributed by atoms with Crippen molar-refractivity contribution in [1.29, 1.82) is 0 Å². The maximum absolute atomic E-state index is 2.33. The van der Waals surface area contributed by atoms with E-state index in [1.807, 2.05) is 0 Å². The molecule has 1 nitrogen and oxygen atoms in total. The second-order valence-electron chi connectivity index (χ2n) is 8.29. The molecule has 0 aliphatic rings. The van der Waals surface area contributed by atoms with Crippen LogP contribution in [0.4, 0.5) is 0 Å². The first-order valence-electron chi connectivity index (χ1n) is 11.9. The number of nitrogens with zero attached hydrogens (tertiary/aromatic N) is 1. The van der Waals surface area contributed by atoms with E-state index < -0.39 is 0 Å². The van der Waals surface area contributed by atoms with Gasteiger partial charge in [0.25, 0.3) is 0 Å². The molecule has 0 saturated heterocycles. The molecule has 0 saturated carbocycles. The Morgan fingerprint density at radius 2 is 0.929 bits per heavy atom. The molecule has 0 atom stereocenters. The lowest BCUT2D eigenvalue weighted by Crippen LogP contribution is -2.32. The van der Waals surface area contributed by atoms with Crippen molar-refractivity contribution in [3.63, 3.8) is 0 Å². The summed E-state index contributed by atoms with van der Waals surface area (Å²) in [6.45, 7) is 3.44. The Balaban J connectivity index is 1.41. The van der Waals surface area contributed by atoms with E-state index in [2.05, 4.69) is 66.3 Å². The first kappa shape index (κ1) is 22.7. The zero-order chi connectivity index (χ0) is 19.7. The van der Waals surface area contributed by atoms with Gasteiger partial charge in [-0.05, 0) is 17.5 Å². The van der Waals surface area contributed by atoms with Crippen molar-refractivity contribution in [2.45, 2.75) is 103 Å². The summed E-state index contributed by atoms with van der Waals surface area (Å²) in [6, 6.07) is 15.1. The van der Waals surface area contributed by atoms with Gasteiger partial charge in [0.05, 0.1) is 0 Å². The number of unbranched alkanes of at least 4 members (excludes halogenated alkanes) is 13. The summed E-state index contributed by atoms with van der Waals surface area (Å²) >= 11 is 0. The summed E-state index contributed by atoms with van der Waals surface area (Å²) in [5.41, 5.74) is 2.60. The van der Waals surface area contributed by atoms with Gasteiger partial charge in [0.15, 0.2) is 12.4 Å². The molecule has 1 heteroatoms. The molecule has 1 aromatic heterocycles. The maximum Gasteiger partial charge on any atom is 0.169 e. The third-order valence-electron chi connectivity index (χ3n) is 5.77. The third-order valence-corrected chi connectivity index (χ3v) is 5.77. The quantitative estimate of drug-likeness (QED) is 0.204. The summed E-state index contributed by atoms with van der Waals surface area (Å²) in [7, 11) is 0. The first-order valence-corrected chi connectivity index (χ1v) is 11.9. The lowest BCUT2D eigenvalue weighted by Gasteiger charge is -2.03. The van der Waals surface area contributed by atoms with Gasteiger partial charge < -0.3 is 0 Å². The minimum atomic E-state index is 1.15. The highest BCUT2D eigenvalue weighted by atomic mass is 14.9. The van der Waals surface area contributed by atoms with Crippen LogP contribution in [0.25, 0.3) is 11.1 Å². The van der Waals surface area contributed by atoms with Crippen molar-refractivity contribution < 1.29 is 4.57 Å². The molecule has 0 N–H and O–H groups in total. The van der Waals surface area contributed by atoms with Gasteiger partial charge in [-0.25, -0.2) is 4.57 Å². The maximum atomic E-state index is 2.33. The Morgan fingerprint density at radius 1 is 0.500 bits per heavy atom. The van der Waals surface area contributed by atoms with Gasteiger partial charge in [-0.1, -0.05) is 114 Å². The van der Waals surface area contributed by atoms with Crippen LogP contribution in [0.2, 0.25) is 0 Å². The molecule has 0 unspecified atom stereocenters. The van der Waals surface area contributed by atoms with Crippen LogP contribution in [-0.4, -0.2) is 0 Å². The highest BCUT2D eigenvalue weighted by Crippen LogP contribution is 2.16. The molecule has 154 valence electrons. The normalized spacial score (nSPS) is 11.0. The molecular weight excluding hydrogens is 338 g/mol. The molecular formula is C27H42N+. The molecule has 0 spiro atoms. The molecule has 1 aromatic carbocycles. The van der Waals surface area contributed by atoms with E-state index >= 15 is 0 Å². The number of benzene rings is 1. The molecule has 2 rings (SSSR count). The van der Waals surface area contributed by atoms with Crippen molar-refractivity contribution in [2.75, 3.05) is 0 Å². The van der Waals surface area contributed by atoms with Crippen molar-refractivity contribution in [2.24, 2.45) is 0 Å². The molecule has 0 amide bonds. The SMILES string of the molecule is CCCCCCCCCCCCCCCC[n+]1ccc(-c2ccccc2)cc1. The molecule has 0 radical (unpaired) electrons. The number of hydrogen-bond acceptors (Lipinski definition) is 0. The number of hydrogen-bond donors (Lipinski definition) is 0. The van der Waals surface area contributed by atoms with E-state index in [0.29, 0.717) is 0 Å². The Morgan fingerprint density at radius 3 is 1.43 bits per heavy atom. The zero-order valence-corrected chi connectivity index (χ0v) is 18.2. The lowest BCUT2D eigenvalue weighted by molar-refractivity contribution is -0.697. The second-order valence-corrected chi connectivity index (χ2v) is 8.29. The smallest absolute Gasteiger partial charge is 0.169 e.